The van der Waals surface area contributed by atoms with Crippen molar-refractivity contribution in [2.24, 2.45) is 0 Å². The molecule has 0 bridgehead atoms. The zero-order chi connectivity index (χ0) is 11.3. The molecule has 5 nitrogen and oxygen atoms in total. The van der Waals surface area contributed by atoms with E-state index in [1.807, 2.05) is 0 Å². The maximum atomic E-state index is 10.5. The monoisotopic (exact) mass is 224 g/mol. The summed E-state index contributed by atoms with van der Waals surface area (Å²) in [6.45, 7) is 1.66. The van der Waals surface area contributed by atoms with E-state index in [9.17, 15) is 4.79 Å². The van der Waals surface area contributed by atoms with Gasteiger partial charge in [0.15, 0.2) is 11.5 Å². The number of carbonyl (C=O) groups excluding carboxylic acids is 1. The predicted molar refractivity (Wildman–Crippen MR) is 57.0 cm³/mol. The van der Waals surface area contributed by atoms with Crippen LogP contribution in [0.2, 0.25) is 5.15 Å². The van der Waals surface area contributed by atoms with Crippen molar-refractivity contribution in [3.63, 3.8) is 0 Å². The second-order valence-corrected chi connectivity index (χ2v) is 3.03. The van der Waals surface area contributed by atoms with Gasteiger partial charge in [-0.25, -0.2) is 9.97 Å². The third-order valence-corrected chi connectivity index (χ3v) is 1.58. The molecule has 1 heterocycles. The van der Waals surface area contributed by atoms with E-state index >= 15 is 0 Å². The molecular weight excluding hydrogens is 216 g/mol. The van der Waals surface area contributed by atoms with E-state index in [1.165, 1.54) is 13.1 Å². The number of nitrogens with zero attached hydrogens (tertiary/aromatic N) is 2. The van der Waals surface area contributed by atoms with E-state index in [4.69, 9.17) is 17.3 Å². The van der Waals surface area contributed by atoms with Crippen molar-refractivity contribution in [1.82, 2.24) is 15.3 Å². The van der Waals surface area contributed by atoms with Crippen LogP contribution in [0, 0.1) is 11.8 Å². The summed E-state index contributed by atoms with van der Waals surface area (Å²) in [5, 5.41) is 2.74. The Labute approximate surface area is 92.0 Å². The van der Waals surface area contributed by atoms with Crippen molar-refractivity contribution in [1.29, 1.82) is 0 Å². The lowest BCUT2D eigenvalue weighted by Crippen LogP contribution is -2.19. The number of amides is 1. The summed E-state index contributed by atoms with van der Waals surface area (Å²) in [6.07, 6.45) is 1.36. The second kappa shape index (κ2) is 5.17. The normalized spacial score (nSPS) is 8.93. The standard InChI is InChI=1S/C9H9ClN4O/c1-6(15)12-4-2-3-7-9(11)14-8(10)5-13-7/h5H,4H2,1H3,(H2,11,14)(H,12,15). The number of carbonyl (C=O) groups is 1. The Hall–Kier alpha value is -1.80. The van der Waals surface area contributed by atoms with Crippen LogP contribution in [0.4, 0.5) is 5.82 Å². The lowest BCUT2D eigenvalue weighted by Gasteiger charge is -1.96. The smallest absolute Gasteiger partial charge is 0.217 e. The molecule has 0 radical (unpaired) electrons. The van der Waals surface area contributed by atoms with Crippen molar-refractivity contribution in [3.05, 3.63) is 17.0 Å². The van der Waals surface area contributed by atoms with Gasteiger partial charge in [-0.3, -0.25) is 4.79 Å². The van der Waals surface area contributed by atoms with Crippen LogP contribution in [-0.2, 0) is 4.79 Å². The molecule has 0 atom stereocenters. The predicted octanol–water partition coefficient (Wildman–Crippen LogP) is 0.200. The molecule has 0 aliphatic heterocycles. The molecule has 0 aliphatic carbocycles. The molecule has 1 amide bonds. The minimum absolute atomic E-state index is 0.139. The van der Waals surface area contributed by atoms with Crippen molar-refractivity contribution in [3.8, 4) is 11.8 Å². The summed E-state index contributed by atoms with van der Waals surface area (Å²) in [6, 6.07) is 0. The third kappa shape index (κ3) is 3.83. The maximum Gasteiger partial charge on any atom is 0.217 e. The minimum atomic E-state index is -0.139. The average Bonchev–Trinajstić information content (AvgIpc) is 2.14. The molecule has 0 aliphatic rings. The first-order chi connectivity index (χ1) is 7.09. The molecule has 0 spiro atoms. The SMILES string of the molecule is CC(=O)NCC#Cc1ncc(Cl)nc1N. The molecule has 0 unspecified atom stereocenters. The van der Waals surface area contributed by atoms with Crippen LogP contribution in [0.5, 0.6) is 0 Å². The fourth-order valence-corrected chi connectivity index (χ4v) is 0.914. The Morgan fingerprint density at radius 2 is 2.47 bits per heavy atom. The fraction of sp³-hybridized carbons (Fsp3) is 0.222. The summed E-state index contributed by atoms with van der Waals surface area (Å²) < 4.78 is 0. The zero-order valence-corrected chi connectivity index (χ0v) is 8.80. The highest BCUT2D eigenvalue weighted by Gasteiger charge is 1.98. The van der Waals surface area contributed by atoms with Crippen molar-refractivity contribution in [2.45, 2.75) is 6.92 Å². The van der Waals surface area contributed by atoms with Gasteiger partial charge in [0.2, 0.25) is 5.91 Å². The number of hydrogen-bond donors (Lipinski definition) is 2. The van der Waals surface area contributed by atoms with Gasteiger partial charge < -0.3 is 11.1 Å². The van der Waals surface area contributed by atoms with E-state index in [0.717, 1.165) is 0 Å². The molecule has 78 valence electrons. The number of aromatic nitrogens is 2. The molecule has 3 N–H and O–H groups in total. The van der Waals surface area contributed by atoms with Gasteiger partial charge in [-0.2, -0.15) is 0 Å². The largest absolute Gasteiger partial charge is 0.381 e. The van der Waals surface area contributed by atoms with E-state index in [2.05, 4.69) is 27.1 Å². The first-order valence-electron chi connectivity index (χ1n) is 4.11. The molecule has 0 aromatic carbocycles. The molecular formula is C9H9ClN4O. The summed E-state index contributed by atoms with van der Waals surface area (Å²) in [4.78, 5) is 18.2. The van der Waals surface area contributed by atoms with Crippen molar-refractivity contribution in [2.75, 3.05) is 12.3 Å². The van der Waals surface area contributed by atoms with E-state index in [0.29, 0.717) is 5.69 Å². The number of halogens is 1. The molecule has 1 aromatic heterocycles. The van der Waals surface area contributed by atoms with Crippen LogP contribution in [-0.4, -0.2) is 22.4 Å². The van der Waals surface area contributed by atoms with Crippen molar-refractivity contribution < 1.29 is 4.79 Å². The van der Waals surface area contributed by atoms with E-state index in [1.54, 1.807) is 0 Å². The highest BCUT2D eigenvalue weighted by molar-refractivity contribution is 6.29. The maximum absolute atomic E-state index is 10.5. The van der Waals surface area contributed by atoms with Gasteiger partial charge in [0.1, 0.15) is 5.15 Å². The summed E-state index contributed by atoms with van der Waals surface area (Å²) in [5.41, 5.74) is 5.87. The molecule has 0 fully saturated rings. The summed E-state index contributed by atoms with van der Waals surface area (Å²) in [5.74, 6) is 5.40. The summed E-state index contributed by atoms with van der Waals surface area (Å²) >= 11 is 5.56. The molecule has 6 heteroatoms. The highest BCUT2D eigenvalue weighted by Crippen LogP contribution is 2.07. The van der Waals surface area contributed by atoms with Gasteiger partial charge in [0.25, 0.3) is 0 Å². The number of nitrogen functional groups attached to an aromatic ring is 1. The van der Waals surface area contributed by atoms with Gasteiger partial charge in [-0.15, -0.1) is 0 Å². The number of nitrogens with two attached hydrogens (primary N) is 1. The lowest BCUT2D eigenvalue weighted by atomic mass is 10.4. The van der Waals surface area contributed by atoms with Crippen LogP contribution < -0.4 is 11.1 Å². The van der Waals surface area contributed by atoms with Crippen LogP contribution in [0.1, 0.15) is 12.6 Å². The third-order valence-electron chi connectivity index (χ3n) is 1.40. The van der Waals surface area contributed by atoms with Crippen LogP contribution in [0.15, 0.2) is 6.20 Å². The van der Waals surface area contributed by atoms with Gasteiger partial charge in [-0.1, -0.05) is 17.5 Å². The first kappa shape index (κ1) is 11.3. The highest BCUT2D eigenvalue weighted by atomic mass is 35.5. The molecule has 0 saturated carbocycles. The Kier molecular flexibility index (Phi) is 3.89. The first-order valence-corrected chi connectivity index (χ1v) is 4.48. The van der Waals surface area contributed by atoms with Crippen molar-refractivity contribution >= 4 is 23.3 Å². The molecule has 1 rings (SSSR count). The van der Waals surface area contributed by atoms with Gasteiger partial charge >= 0.3 is 0 Å². The Balaban J connectivity index is 2.67. The van der Waals surface area contributed by atoms with Gasteiger partial charge in [0, 0.05) is 6.92 Å². The number of rotatable bonds is 1. The topological polar surface area (TPSA) is 80.9 Å². The number of anilines is 1. The number of hydrogen-bond acceptors (Lipinski definition) is 4. The quantitative estimate of drug-likeness (QED) is 0.668. The van der Waals surface area contributed by atoms with E-state index < -0.39 is 0 Å². The Bertz CT molecular complexity index is 435. The number of nitrogens with one attached hydrogen (secondary N) is 1. The summed E-state index contributed by atoms with van der Waals surface area (Å²) in [7, 11) is 0. The van der Waals surface area contributed by atoms with Gasteiger partial charge in [-0.05, 0) is 5.92 Å². The van der Waals surface area contributed by atoms with Crippen LogP contribution in [0.25, 0.3) is 0 Å². The van der Waals surface area contributed by atoms with Crippen LogP contribution >= 0.6 is 11.6 Å². The Morgan fingerprint density at radius 1 is 1.73 bits per heavy atom. The van der Waals surface area contributed by atoms with E-state index in [-0.39, 0.29) is 23.4 Å². The molecule has 15 heavy (non-hydrogen) atoms. The molecule has 1 aromatic rings. The zero-order valence-electron chi connectivity index (χ0n) is 8.04. The Morgan fingerprint density at radius 3 is 3.07 bits per heavy atom. The van der Waals surface area contributed by atoms with Crippen LogP contribution in [0.3, 0.4) is 0 Å². The second-order valence-electron chi connectivity index (χ2n) is 2.64. The average molecular weight is 225 g/mol. The van der Waals surface area contributed by atoms with Gasteiger partial charge in [0.05, 0.1) is 12.7 Å². The lowest BCUT2D eigenvalue weighted by molar-refractivity contribution is -0.118. The molecule has 0 saturated heterocycles. The fourth-order valence-electron chi connectivity index (χ4n) is 0.774. The minimum Gasteiger partial charge on any atom is -0.381 e.